The third kappa shape index (κ3) is 5.31. The Balaban J connectivity index is 1.76. The zero-order chi connectivity index (χ0) is 19.2. The Kier molecular flexibility index (Phi) is 6.08. The molecule has 2 atom stereocenters. The van der Waals surface area contributed by atoms with Gasteiger partial charge in [0, 0.05) is 24.5 Å². The van der Waals surface area contributed by atoms with Crippen LogP contribution in [0, 0.1) is 0 Å². The van der Waals surface area contributed by atoms with Gasteiger partial charge >= 0.3 is 0 Å². The topological polar surface area (TPSA) is 79.5 Å². The first-order valence-corrected chi connectivity index (χ1v) is 9.12. The Morgan fingerprint density at radius 3 is 2.37 bits per heavy atom. The summed E-state index contributed by atoms with van der Waals surface area (Å²) >= 11 is 0. The Labute approximate surface area is 159 Å². The molecule has 6 heteroatoms. The summed E-state index contributed by atoms with van der Waals surface area (Å²) in [5.41, 5.74) is 2.28. The van der Waals surface area contributed by atoms with Gasteiger partial charge in [0.15, 0.2) is 0 Å². The van der Waals surface area contributed by atoms with Crippen molar-refractivity contribution in [3.8, 4) is 0 Å². The minimum absolute atomic E-state index is 0.0499. The molecule has 1 aliphatic rings. The van der Waals surface area contributed by atoms with Crippen LogP contribution < -0.4 is 16.0 Å². The molecule has 0 bridgehead atoms. The quantitative estimate of drug-likeness (QED) is 0.670. The smallest absolute Gasteiger partial charge is 0.253 e. The zero-order valence-corrected chi connectivity index (χ0v) is 15.6. The highest BCUT2D eigenvalue weighted by atomic mass is 16.5. The van der Waals surface area contributed by atoms with Crippen molar-refractivity contribution in [3.63, 3.8) is 0 Å². The summed E-state index contributed by atoms with van der Waals surface area (Å²) < 4.78 is 5.03. The van der Waals surface area contributed by atoms with Crippen molar-refractivity contribution in [2.45, 2.75) is 38.0 Å². The van der Waals surface area contributed by atoms with E-state index in [1.807, 2.05) is 42.5 Å². The van der Waals surface area contributed by atoms with E-state index in [9.17, 15) is 9.59 Å². The van der Waals surface area contributed by atoms with E-state index in [4.69, 9.17) is 4.74 Å². The molecule has 1 aliphatic carbocycles. The van der Waals surface area contributed by atoms with Gasteiger partial charge in [0.05, 0.1) is 0 Å². The van der Waals surface area contributed by atoms with Crippen LogP contribution in [0.5, 0.6) is 0 Å². The average molecular weight is 367 g/mol. The molecule has 2 amide bonds. The number of hydrogen-bond acceptors (Lipinski definition) is 4. The highest BCUT2D eigenvalue weighted by Gasteiger charge is 2.28. The molecule has 27 heavy (non-hydrogen) atoms. The van der Waals surface area contributed by atoms with Crippen molar-refractivity contribution in [1.29, 1.82) is 0 Å². The predicted molar refractivity (Wildman–Crippen MR) is 106 cm³/mol. The van der Waals surface area contributed by atoms with Crippen LogP contribution in [0.1, 0.15) is 31.4 Å². The molecular formula is C21H25N3O3. The van der Waals surface area contributed by atoms with Crippen molar-refractivity contribution in [1.82, 2.24) is 5.32 Å². The fourth-order valence-corrected chi connectivity index (χ4v) is 2.66. The number of rotatable bonds is 8. The van der Waals surface area contributed by atoms with Gasteiger partial charge < -0.3 is 20.7 Å². The van der Waals surface area contributed by atoms with Crippen LogP contribution >= 0.6 is 0 Å². The normalized spacial score (nSPS) is 15.5. The van der Waals surface area contributed by atoms with Gasteiger partial charge in [0.1, 0.15) is 12.1 Å². The van der Waals surface area contributed by atoms with Crippen LogP contribution in [-0.2, 0) is 14.3 Å². The lowest BCUT2D eigenvalue weighted by molar-refractivity contribution is -0.124. The molecule has 1 fully saturated rings. The Morgan fingerprint density at radius 2 is 1.70 bits per heavy atom. The van der Waals surface area contributed by atoms with Gasteiger partial charge in [-0.05, 0) is 43.5 Å². The summed E-state index contributed by atoms with van der Waals surface area (Å²) in [6, 6.07) is 16.7. The van der Waals surface area contributed by atoms with E-state index >= 15 is 0 Å². The van der Waals surface area contributed by atoms with Crippen LogP contribution in [0.3, 0.4) is 0 Å². The number of anilines is 2. The van der Waals surface area contributed by atoms with Crippen molar-refractivity contribution >= 4 is 23.2 Å². The molecule has 3 rings (SSSR count). The monoisotopic (exact) mass is 367 g/mol. The minimum atomic E-state index is -0.539. The molecule has 0 aliphatic heterocycles. The SMILES string of the molecule is CO[C@H](C)C(=O)Nc1cccc(N[C@@H](C(=O)NC2CC2)c2ccccc2)c1. The van der Waals surface area contributed by atoms with Crippen LogP contribution in [0.25, 0.3) is 0 Å². The second-order valence-corrected chi connectivity index (χ2v) is 6.72. The second kappa shape index (κ2) is 8.68. The summed E-state index contributed by atoms with van der Waals surface area (Å²) in [6.07, 6.45) is 1.53. The minimum Gasteiger partial charge on any atom is -0.372 e. The average Bonchev–Trinajstić information content (AvgIpc) is 3.50. The summed E-state index contributed by atoms with van der Waals surface area (Å²) in [4.78, 5) is 24.7. The lowest BCUT2D eigenvalue weighted by atomic mass is 10.1. The summed E-state index contributed by atoms with van der Waals surface area (Å²) in [6.45, 7) is 1.69. The number of amides is 2. The number of carbonyl (C=O) groups is 2. The highest BCUT2D eigenvalue weighted by molar-refractivity contribution is 5.94. The third-order valence-electron chi connectivity index (χ3n) is 4.48. The molecule has 2 aromatic rings. The summed E-state index contributed by atoms with van der Waals surface area (Å²) in [7, 11) is 1.49. The van der Waals surface area contributed by atoms with E-state index in [0.29, 0.717) is 5.69 Å². The Morgan fingerprint density at radius 1 is 1.00 bits per heavy atom. The molecule has 2 aromatic carbocycles. The zero-order valence-electron chi connectivity index (χ0n) is 15.6. The van der Waals surface area contributed by atoms with E-state index in [-0.39, 0.29) is 17.9 Å². The summed E-state index contributed by atoms with van der Waals surface area (Å²) in [5.74, 6) is -0.271. The molecule has 6 nitrogen and oxygen atoms in total. The Bertz CT molecular complexity index is 790. The van der Waals surface area contributed by atoms with Gasteiger partial charge in [-0.3, -0.25) is 9.59 Å². The number of nitrogens with one attached hydrogen (secondary N) is 3. The van der Waals surface area contributed by atoms with Crippen LogP contribution in [0.4, 0.5) is 11.4 Å². The molecule has 3 N–H and O–H groups in total. The number of methoxy groups -OCH3 is 1. The number of benzene rings is 2. The van der Waals surface area contributed by atoms with E-state index in [2.05, 4.69) is 16.0 Å². The number of ether oxygens (including phenoxy) is 1. The largest absolute Gasteiger partial charge is 0.372 e. The van der Waals surface area contributed by atoms with Crippen molar-refractivity contribution in [2.24, 2.45) is 0 Å². The first-order valence-electron chi connectivity index (χ1n) is 9.12. The first kappa shape index (κ1) is 18.9. The number of carbonyl (C=O) groups excluding carboxylic acids is 2. The molecule has 142 valence electrons. The maximum Gasteiger partial charge on any atom is 0.253 e. The predicted octanol–water partition coefficient (Wildman–Crippen LogP) is 3.09. The van der Waals surface area contributed by atoms with Crippen molar-refractivity contribution in [2.75, 3.05) is 17.7 Å². The van der Waals surface area contributed by atoms with E-state index < -0.39 is 12.1 Å². The van der Waals surface area contributed by atoms with E-state index in [1.165, 1.54) is 7.11 Å². The standard InChI is InChI=1S/C21H25N3O3/c1-14(27-2)20(25)24-18-10-6-9-17(13-18)22-19(15-7-4-3-5-8-15)21(26)23-16-11-12-16/h3-10,13-14,16,19,22H,11-12H2,1-2H3,(H,23,26)(H,24,25)/t14-,19-/m1/s1. The second-order valence-electron chi connectivity index (χ2n) is 6.72. The van der Waals surface area contributed by atoms with Crippen molar-refractivity contribution in [3.05, 3.63) is 60.2 Å². The van der Waals surface area contributed by atoms with E-state index in [0.717, 1.165) is 24.1 Å². The Hall–Kier alpha value is -2.86. The van der Waals surface area contributed by atoms with Crippen LogP contribution in [0.15, 0.2) is 54.6 Å². The molecule has 0 heterocycles. The maximum atomic E-state index is 12.7. The molecular weight excluding hydrogens is 342 g/mol. The van der Waals surface area contributed by atoms with Gasteiger partial charge in [0.2, 0.25) is 5.91 Å². The lowest BCUT2D eigenvalue weighted by Gasteiger charge is -2.20. The van der Waals surface area contributed by atoms with Crippen molar-refractivity contribution < 1.29 is 14.3 Å². The fraction of sp³-hybridized carbons (Fsp3) is 0.333. The van der Waals surface area contributed by atoms with Gasteiger partial charge in [-0.25, -0.2) is 0 Å². The first-order chi connectivity index (χ1) is 13.1. The van der Waals surface area contributed by atoms with Gasteiger partial charge in [-0.15, -0.1) is 0 Å². The lowest BCUT2D eigenvalue weighted by Crippen LogP contribution is -2.34. The number of hydrogen-bond donors (Lipinski definition) is 3. The third-order valence-corrected chi connectivity index (χ3v) is 4.48. The summed E-state index contributed by atoms with van der Waals surface area (Å²) in [5, 5.41) is 9.16. The molecule has 0 radical (unpaired) electrons. The van der Waals surface area contributed by atoms with Gasteiger partial charge in [-0.1, -0.05) is 36.4 Å². The molecule has 0 spiro atoms. The van der Waals surface area contributed by atoms with Gasteiger partial charge in [-0.2, -0.15) is 0 Å². The van der Waals surface area contributed by atoms with Gasteiger partial charge in [0.25, 0.3) is 5.91 Å². The van der Waals surface area contributed by atoms with Crippen LogP contribution in [0.2, 0.25) is 0 Å². The van der Waals surface area contributed by atoms with E-state index in [1.54, 1.807) is 19.1 Å². The maximum absolute atomic E-state index is 12.7. The highest BCUT2D eigenvalue weighted by Crippen LogP contribution is 2.25. The molecule has 1 saturated carbocycles. The molecule has 0 unspecified atom stereocenters. The molecule has 0 aromatic heterocycles. The fourth-order valence-electron chi connectivity index (χ4n) is 2.66. The van der Waals surface area contributed by atoms with Crippen LogP contribution in [-0.4, -0.2) is 31.1 Å². The molecule has 0 saturated heterocycles.